The second kappa shape index (κ2) is 9.80. The van der Waals surface area contributed by atoms with Crippen LogP contribution in [0, 0.1) is 5.92 Å². The lowest BCUT2D eigenvalue weighted by Gasteiger charge is -2.32. The Kier molecular flexibility index (Phi) is 7.71. The maximum atomic E-state index is 12.8. The van der Waals surface area contributed by atoms with Gasteiger partial charge in [-0.3, -0.25) is 4.79 Å². The number of esters is 2. The van der Waals surface area contributed by atoms with Gasteiger partial charge in [-0.25, -0.2) is 4.79 Å². The summed E-state index contributed by atoms with van der Waals surface area (Å²) in [5.74, 6) is -3.29. The lowest BCUT2D eigenvalue weighted by molar-refractivity contribution is -0.146. The van der Waals surface area contributed by atoms with Gasteiger partial charge in [-0.15, -0.1) is 0 Å². The van der Waals surface area contributed by atoms with Crippen LogP contribution in [-0.4, -0.2) is 37.7 Å². The molecule has 1 aromatic carbocycles. The lowest BCUT2D eigenvalue weighted by atomic mass is 9.78. The summed E-state index contributed by atoms with van der Waals surface area (Å²) in [7, 11) is 0. The number of halogens is 2. The van der Waals surface area contributed by atoms with Crippen LogP contribution in [-0.2, 0) is 23.8 Å². The Balaban J connectivity index is 2.72. The fourth-order valence-electron chi connectivity index (χ4n) is 2.99. The monoisotopic (exact) mass is 428 g/mol. The number of carbonyl (C=O) groups is 2. The molecule has 2 rings (SSSR count). The maximum Gasteiger partial charge on any atom is 0.338 e. The third-order valence-electron chi connectivity index (χ3n) is 4.04. The molecule has 0 aromatic heterocycles. The van der Waals surface area contributed by atoms with E-state index in [2.05, 4.69) is 4.99 Å². The van der Waals surface area contributed by atoms with Gasteiger partial charge in [0, 0.05) is 16.0 Å². The van der Waals surface area contributed by atoms with E-state index >= 15 is 0 Å². The van der Waals surface area contributed by atoms with Crippen molar-refractivity contribution in [3.05, 3.63) is 45.2 Å². The molecule has 1 aromatic rings. The summed E-state index contributed by atoms with van der Waals surface area (Å²) in [6.07, 6.45) is 0. The van der Waals surface area contributed by atoms with Gasteiger partial charge >= 0.3 is 11.9 Å². The predicted octanol–water partition coefficient (Wildman–Crippen LogP) is 3.44. The summed E-state index contributed by atoms with van der Waals surface area (Å²) in [6.45, 7) is 5.61. The average Bonchev–Trinajstić information content (AvgIpc) is 2.61. The fraction of sp³-hybridized carbons (Fsp3) is 0.421. The number of hydrogen-bond donors (Lipinski definition) is 1. The first-order valence-corrected chi connectivity index (χ1v) is 9.60. The van der Waals surface area contributed by atoms with E-state index in [4.69, 9.17) is 43.1 Å². The molecule has 0 saturated carbocycles. The third-order valence-corrected chi connectivity index (χ3v) is 4.61. The maximum absolute atomic E-state index is 12.8. The number of carbonyl (C=O) groups excluding carboxylic acids is 2. The molecule has 152 valence electrons. The highest BCUT2D eigenvalue weighted by Gasteiger charge is 2.46. The Hall–Kier alpha value is -2.25. The molecule has 9 heteroatoms. The van der Waals surface area contributed by atoms with Crippen molar-refractivity contribution >= 4 is 41.0 Å². The highest BCUT2D eigenvalue weighted by molar-refractivity contribution is 6.35. The zero-order valence-corrected chi connectivity index (χ0v) is 17.3. The van der Waals surface area contributed by atoms with Crippen LogP contribution in [0.15, 0.2) is 34.6 Å². The normalized spacial score (nSPS) is 19.1. The Morgan fingerprint density at radius 1 is 1.11 bits per heavy atom. The summed E-state index contributed by atoms with van der Waals surface area (Å²) in [5, 5.41) is 0.671. The van der Waals surface area contributed by atoms with Crippen molar-refractivity contribution in [2.75, 3.05) is 19.8 Å². The van der Waals surface area contributed by atoms with E-state index in [1.807, 2.05) is 0 Å². The van der Waals surface area contributed by atoms with Crippen molar-refractivity contribution < 1.29 is 23.8 Å². The van der Waals surface area contributed by atoms with E-state index in [1.165, 1.54) is 6.07 Å². The van der Waals surface area contributed by atoms with E-state index in [1.54, 1.807) is 32.9 Å². The van der Waals surface area contributed by atoms with Crippen LogP contribution >= 0.6 is 23.2 Å². The van der Waals surface area contributed by atoms with E-state index < -0.39 is 23.8 Å². The zero-order valence-electron chi connectivity index (χ0n) is 15.8. The van der Waals surface area contributed by atoms with Gasteiger partial charge in [-0.1, -0.05) is 29.3 Å². The second-order valence-corrected chi connectivity index (χ2v) is 6.62. The molecule has 7 nitrogen and oxygen atoms in total. The summed E-state index contributed by atoms with van der Waals surface area (Å²) < 4.78 is 15.9. The minimum absolute atomic E-state index is 0.0209. The van der Waals surface area contributed by atoms with Crippen LogP contribution in [0.5, 0.6) is 0 Å². The van der Waals surface area contributed by atoms with Gasteiger partial charge in [0.15, 0.2) is 0 Å². The first-order valence-electron chi connectivity index (χ1n) is 8.85. The summed E-state index contributed by atoms with van der Waals surface area (Å²) in [4.78, 5) is 29.6. The van der Waals surface area contributed by atoms with Crippen molar-refractivity contribution in [3.8, 4) is 0 Å². The Labute approximate surface area is 173 Å². The number of rotatable bonds is 6. The molecule has 2 N–H and O–H groups in total. The standard InChI is InChI=1S/C19H22Cl2N2O5/c1-4-26-17-15(19(25)28-6-3)13(11-8-7-10(20)9-12(11)21)14(16(22)23-17)18(24)27-5-2/h7-9,13,15H,4-6,22H2,1-3H3. The molecule has 1 heterocycles. The molecule has 0 spiro atoms. The number of hydrogen-bond acceptors (Lipinski definition) is 7. The van der Waals surface area contributed by atoms with Gasteiger partial charge in [0.05, 0.1) is 25.4 Å². The topological polar surface area (TPSA) is 100 Å². The first kappa shape index (κ1) is 22.0. The van der Waals surface area contributed by atoms with Crippen LogP contribution in [0.1, 0.15) is 32.3 Å². The van der Waals surface area contributed by atoms with Gasteiger partial charge in [0.25, 0.3) is 0 Å². The molecule has 0 radical (unpaired) electrons. The van der Waals surface area contributed by atoms with Crippen LogP contribution in [0.4, 0.5) is 0 Å². The molecule has 0 aliphatic carbocycles. The second-order valence-electron chi connectivity index (χ2n) is 5.78. The third kappa shape index (κ3) is 4.59. The number of nitrogens with zero attached hydrogens (tertiary/aromatic N) is 1. The largest absolute Gasteiger partial charge is 0.480 e. The summed E-state index contributed by atoms with van der Waals surface area (Å²) in [6, 6.07) is 4.75. The van der Waals surface area contributed by atoms with Crippen molar-refractivity contribution in [3.63, 3.8) is 0 Å². The highest BCUT2D eigenvalue weighted by atomic mass is 35.5. The van der Waals surface area contributed by atoms with Crippen LogP contribution in [0.2, 0.25) is 10.0 Å². The lowest BCUT2D eigenvalue weighted by Crippen LogP contribution is -2.40. The van der Waals surface area contributed by atoms with E-state index in [0.29, 0.717) is 10.6 Å². The molecule has 0 bridgehead atoms. The minimum Gasteiger partial charge on any atom is -0.480 e. The first-order chi connectivity index (χ1) is 13.3. The predicted molar refractivity (Wildman–Crippen MR) is 106 cm³/mol. The number of nitrogens with two attached hydrogens (primary N) is 1. The van der Waals surface area contributed by atoms with Crippen molar-refractivity contribution in [2.45, 2.75) is 26.7 Å². The van der Waals surface area contributed by atoms with E-state index in [0.717, 1.165) is 0 Å². The SMILES string of the molecule is CCOC(=O)C1=C(N)N=C(OCC)C(C(=O)OCC)C1c1ccc(Cl)cc1Cl. The summed E-state index contributed by atoms with van der Waals surface area (Å²) >= 11 is 12.4. The molecular formula is C19H22Cl2N2O5. The van der Waals surface area contributed by atoms with Crippen molar-refractivity contribution in [1.29, 1.82) is 0 Å². The van der Waals surface area contributed by atoms with Crippen LogP contribution < -0.4 is 5.73 Å². The van der Waals surface area contributed by atoms with Gasteiger partial charge < -0.3 is 19.9 Å². The smallest absolute Gasteiger partial charge is 0.338 e. The number of aliphatic imine (C=N–C) groups is 1. The van der Waals surface area contributed by atoms with Gasteiger partial charge in [0.1, 0.15) is 11.7 Å². The van der Waals surface area contributed by atoms with Crippen molar-refractivity contribution in [1.82, 2.24) is 0 Å². The number of ether oxygens (including phenoxy) is 3. The van der Waals surface area contributed by atoms with Crippen LogP contribution in [0.3, 0.4) is 0 Å². The molecule has 2 unspecified atom stereocenters. The van der Waals surface area contributed by atoms with Gasteiger partial charge in [0.2, 0.25) is 5.90 Å². The number of benzene rings is 1. The quantitative estimate of drug-likeness (QED) is 0.696. The molecule has 1 aliphatic heterocycles. The Bertz CT molecular complexity index is 823. The molecule has 1 aliphatic rings. The zero-order chi connectivity index (χ0) is 20.8. The van der Waals surface area contributed by atoms with E-state index in [9.17, 15) is 9.59 Å². The molecule has 0 fully saturated rings. The van der Waals surface area contributed by atoms with E-state index in [-0.39, 0.29) is 42.1 Å². The highest BCUT2D eigenvalue weighted by Crippen LogP contribution is 2.42. The van der Waals surface area contributed by atoms with Gasteiger partial charge in [-0.2, -0.15) is 4.99 Å². The van der Waals surface area contributed by atoms with Gasteiger partial charge in [-0.05, 0) is 38.5 Å². The van der Waals surface area contributed by atoms with Crippen molar-refractivity contribution in [2.24, 2.45) is 16.6 Å². The summed E-state index contributed by atoms with van der Waals surface area (Å²) in [5.41, 5.74) is 6.55. The van der Waals surface area contributed by atoms with Crippen LogP contribution in [0.25, 0.3) is 0 Å². The fourth-order valence-corrected chi connectivity index (χ4v) is 3.51. The minimum atomic E-state index is -1.05. The molecule has 0 amide bonds. The Morgan fingerprint density at radius 2 is 1.79 bits per heavy atom. The molecule has 0 saturated heterocycles. The molecular weight excluding hydrogens is 407 g/mol. The average molecular weight is 429 g/mol. The molecule has 28 heavy (non-hydrogen) atoms. The Morgan fingerprint density at radius 3 is 2.36 bits per heavy atom. The molecule has 2 atom stereocenters.